The lowest BCUT2D eigenvalue weighted by atomic mass is 10.1. The molecule has 0 spiro atoms. The molecule has 0 unspecified atom stereocenters. The quantitative estimate of drug-likeness (QED) is 0.683. The Labute approximate surface area is 105 Å². The van der Waals surface area contributed by atoms with Crippen LogP contribution in [-0.4, -0.2) is 15.7 Å². The molecule has 0 aliphatic rings. The Morgan fingerprint density at radius 2 is 2.11 bits per heavy atom. The highest BCUT2D eigenvalue weighted by Crippen LogP contribution is 2.26. The number of aromatic amines is 1. The molecule has 90 valence electrons. The summed E-state index contributed by atoms with van der Waals surface area (Å²) in [6.45, 7) is 4.13. The minimum atomic E-state index is 0.713. The zero-order valence-electron chi connectivity index (χ0n) is 10.4. The summed E-state index contributed by atoms with van der Waals surface area (Å²) in [5.41, 5.74) is 6.24. The second kappa shape index (κ2) is 3.88. The van der Waals surface area contributed by atoms with E-state index in [0.29, 0.717) is 5.56 Å². The molecule has 18 heavy (non-hydrogen) atoms. The number of nitrogens with one attached hydrogen (secondary N) is 1. The lowest BCUT2D eigenvalue weighted by Gasteiger charge is -1.95. The molecule has 0 amide bonds. The summed E-state index contributed by atoms with van der Waals surface area (Å²) in [4.78, 5) is 14.4. The Balaban J connectivity index is 2.25. The highest BCUT2D eigenvalue weighted by Gasteiger charge is 2.09. The summed E-state index contributed by atoms with van der Waals surface area (Å²) in [5.74, 6) is 0. The fourth-order valence-electron chi connectivity index (χ4n) is 2.42. The van der Waals surface area contributed by atoms with Crippen molar-refractivity contribution in [2.45, 2.75) is 13.8 Å². The summed E-state index contributed by atoms with van der Waals surface area (Å²) >= 11 is 0. The molecule has 0 saturated carbocycles. The minimum Gasteiger partial charge on any atom is -0.358 e. The van der Waals surface area contributed by atoms with Crippen LogP contribution in [0.3, 0.4) is 0 Å². The lowest BCUT2D eigenvalue weighted by molar-refractivity contribution is 0.112. The number of aldehydes is 1. The number of nitrogens with zero attached hydrogens (tertiary/aromatic N) is 1. The van der Waals surface area contributed by atoms with E-state index in [1.54, 1.807) is 0 Å². The van der Waals surface area contributed by atoms with Crippen molar-refractivity contribution in [1.29, 1.82) is 0 Å². The predicted molar refractivity (Wildman–Crippen MR) is 72.0 cm³/mol. The first-order valence-corrected chi connectivity index (χ1v) is 5.91. The van der Waals surface area contributed by atoms with Gasteiger partial charge in [-0.25, -0.2) is 0 Å². The molecule has 3 aromatic heterocycles. The third kappa shape index (κ3) is 1.56. The molecule has 0 fully saturated rings. The van der Waals surface area contributed by atoms with Crippen molar-refractivity contribution in [3.63, 3.8) is 0 Å². The first kappa shape index (κ1) is 10.8. The molecule has 0 aliphatic carbocycles. The van der Waals surface area contributed by atoms with Gasteiger partial charge in [0, 0.05) is 29.2 Å². The third-order valence-corrected chi connectivity index (χ3v) is 3.23. The second-order valence-electron chi connectivity index (χ2n) is 4.61. The van der Waals surface area contributed by atoms with Gasteiger partial charge in [-0.05, 0) is 43.7 Å². The summed E-state index contributed by atoms with van der Waals surface area (Å²) in [5, 5.41) is 0. The van der Waals surface area contributed by atoms with Crippen LogP contribution in [0.25, 0.3) is 16.8 Å². The Hall–Kier alpha value is -2.29. The molecular formula is C15H14N2O. The van der Waals surface area contributed by atoms with Crippen LogP contribution < -0.4 is 0 Å². The molecule has 0 bridgehead atoms. The molecule has 1 N–H and O–H groups in total. The Kier molecular flexibility index (Phi) is 2.33. The maximum Gasteiger partial charge on any atom is 0.152 e. The number of hydrogen-bond donors (Lipinski definition) is 1. The maximum absolute atomic E-state index is 11.0. The van der Waals surface area contributed by atoms with Gasteiger partial charge < -0.3 is 9.38 Å². The molecule has 3 rings (SSSR count). The molecular weight excluding hydrogens is 224 g/mol. The maximum atomic E-state index is 11.0. The number of fused-ring (bicyclic) bond motifs is 1. The number of aryl methyl sites for hydroxylation is 2. The van der Waals surface area contributed by atoms with E-state index in [1.165, 1.54) is 5.56 Å². The number of H-pyrrole nitrogens is 1. The highest BCUT2D eigenvalue weighted by atomic mass is 16.1. The smallest absolute Gasteiger partial charge is 0.152 e. The van der Waals surface area contributed by atoms with Crippen LogP contribution in [0.1, 0.15) is 21.6 Å². The highest BCUT2D eigenvalue weighted by molar-refractivity contribution is 5.88. The molecule has 0 saturated heterocycles. The summed E-state index contributed by atoms with van der Waals surface area (Å²) in [6, 6.07) is 7.88. The van der Waals surface area contributed by atoms with Crippen molar-refractivity contribution >= 4 is 11.8 Å². The van der Waals surface area contributed by atoms with E-state index in [2.05, 4.69) is 18.0 Å². The normalized spacial score (nSPS) is 11.0. The Morgan fingerprint density at radius 1 is 1.28 bits per heavy atom. The standard InChI is InChI=1S/C15H14N2O/c1-10-6-11(2)16-15(10)13-7-14-12(9-18)4-3-5-17(14)8-13/h3-9,16H,1-2H3. The average molecular weight is 238 g/mol. The molecule has 0 aliphatic heterocycles. The van der Waals surface area contributed by atoms with Crippen LogP contribution in [-0.2, 0) is 0 Å². The molecule has 0 radical (unpaired) electrons. The molecule has 0 atom stereocenters. The van der Waals surface area contributed by atoms with Gasteiger partial charge in [0.1, 0.15) is 0 Å². The van der Waals surface area contributed by atoms with Crippen LogP contribution in [0.2, 0.25) is 0 Å². The van der Waals surface area contributed by atoms with Crippen LogP contribution in [0, 0.1) is 13.8 Å². The predicted octanol–water partition coefficient (Wildman–Crippen LogP) is 3.36. The number of rotatable bonds is 2. The average Bonchev–Trinajstić information content (AvgIpc) is 2.91. The molecule has 3 aromatic rings. The van der Waals surface area contributed by atoms with Gasteiger partial charge in [0.2, 0.25) is 0 Å². The first-order chi connectivity index (χ1) is 8.69. The minimum absolute atomic E-state index is 0.713. The van der Waals surface area contributed by atoms with E-state index in [4.69, 9.17) is 0 Å². The van der Waals surface area contributed by atoms with E-state index >= 15 is 0 Å². The summed E-state index contributed by atoms with van der Waals surface area (Å²) in [6.07, 6.45) is 4.89. The zero-order valence-corrected chi connectivity index (χ0v) is 10.4. The molecule has 3 nitrogen and oxygen atoms in total. The van der Waals surface area contributed by atoms with E-state index in [0.717, 1.165) is 28.8 Å². The monoisotopic (exact) mass is 238 g/mol. The van der Waals surface area contributed by atoms with E-state index in [9.17, 15) is 4.79 Å². The van der Waals surface area contributed by atoms with Gasteiger partial charge in [-0.1, -0.05) is 0 Å². The molecule has 3 heterocycles. The lowest BCUT2D eigenvalue weighted by Crippen LogP contribution is -1.86. The number of carbonyl (C=O) groups excluding carboxylic acids is 1. The number of pyridine rings is 1. The third-order valence-electron chi connectivity index (χ3n) is 3.23. The van der Waals surface area contributed by atoms with Gasteiger partial charge >= 0.3 is 0 Å². The van der Waals surface area contributed by atoms with Crippen LogP contribution >= 0.6 is 0 Å². The fourth-order valence-corrected chi connectivity index (χ4v) is 2.42. The van der Waals surface area contributed by atoms with Crippen molar-refractivity contribution in [1.82, 2.24) is 9.38 Å². The fraction of sp³-hybridized carbons (Fsp3) is 0.133. The van der Waals surface area contributed by atoms with Gasteiger partial charge in [-0.3, -0.25) is 4.79 Å². The Morgan fingerprint density at radius 3 is 2.78 bits per heavy atom. The van der Waals surface area contributed by atoms with Crippen molar-refractivity contribution in [2.75, 3.05) is 0 Å². The van der Waals surface area contributed by atoms with E-state index in [-0.39, 0.29) is 0 Å². The SMILES string of the molecule is Cc1cc(C)c(-c2cc3c(C=O)cccn3c2)[nH]1. The summed E-state index contributed by atoms with van der Waals surface area (Å²) < 4.78 is 1.98. The van der Waals surface area contributed by atoms with Crippen LogP contribution in [0.4, 0.5) is 0 Å². The van der Waals surface area contributed by atoms with Gasteiger partial charge in [0.25, 0.3) is 0 Å². The van der Waals surface area contributed by atoms with Crippen molar-refractivity contribution in [2.24, 2.45) is 0 Å². The van der Waals surface area contributed by atoms with Gasteiger partial charge in [0.15, 0.2) is 6.29 Å². The van der Waals surface area contributed by atoms with Crippen LogP contribution in [0.5, 0.6) is 0 Å². The summed E-state index contributed by atoms with van der Waals surface area (Å²) in [7, 11) is 0. The Bertz CT molecular complexity index is 734. The van der Waals surface area contributed by atoms with Crippen LogP contribution in [0.15, 0.2) is 36.7 Å². The number of carbonyl (C=O) groups is 1. The first-order valence-electron chi connectivity index (χ1n) is 5.91. The van der Waals surface area contributed by atoms with Gasteiger partial charge in [0.05, 0.1) is 11.2 Å². The van der Waals surface area contributed by atoms with Crippen molar-refractivity contribution in [3.05, 3.63) is 53.5 Å². The number of hydrogen-bond acceptors (Lipinski definition) is 1. The zero-order chi connectivity index (χ0) is 12.7. The molecule has 0 aromatic carbocycles. The van der Waals surface area contributed by atoms with Gasteiger partial charge in [-0.2, -0.15) is 0 Å². The topological polar surface area (TPSA) is 37.3 Å². The van der Waals surface area contributed by atoms with Gasteiger partial charge in [-0.15, -0.1) is 0 Å². The van der Waals surface area contributed by atoms with Crippen molar-refractivity contribution < 1.29 is 4.79 Å². The van der Waals surface area contributed by atoms with Crippen molar-refractivity contribution in [3.8, 4) is 11.3 Å². The van der Waals surface area contributed by atoms with E-state index < -0.39 is 0 Å². The van der Waals surface area contributed by atoms with E-state index in [1.807, 2.05) is 41.9 Å². The molecule has 3 heteroatoms. The largest absolute Gasteiger partial charge is 0.358 e. The number of aromatic nitrogens is 2. The second-order valence-corrected chi connectivity index (χ2v) is 4.61.